The van der Waals surface area contributed by atoms with E-state index in [0.717, 1.165) is 37.4 Å². The number of hydrogen-bond donors (Lipinski definition) is 0. The maximum atomic E-state index is 6.28. The Kier molecular flexibility index (Phi) is 3.27. The van der Waals surface area contributed by atoms with Gasteiger partial charge in [-0.2, -0.15) is 0 Å². The largest absolute Gasteiger partial charge is 0.381 e. The van der Waals surface area contributed by atoms with Gasteiger partial charge >= 0.3 is 0 Å². The molecular weight excluding hydrogens is 248 g/mol. The molecule has 18 heavy (non-hydrogen) atoms. The van der Waals surface area contributed by atoms with Gasteiger partial charge in [0.1, 0.15) is 5.82 Å². The highest BCUT2D eigenvalue weighted by molar-refractivity contribution is 6.20. The first-order chi connectivity index (χ1) is 8.77. The molecule has 1 fully saturated rings. The van der Waals surface area contributed by atoms with Crippen LogP contribution in [0.25, 0.3) is 11.0 Å². The molecule has 1 saturated heterocycles. The molecule has 0 saturated carbocycles. The van der Waals surface area contributed by atoms with Crippen molar-refractivity contribution in [1.29, 1.82) is 0 Å². The van der Waals surface area contributed by atoms with Gasteiger partial charge in [0.2, 0.25) is 0 Å². The van der Waals surface area contributed by atoms with Gasteiger partial charge in [0.15, 0.2) is 0 Å². The molecule has 1 atom stereocenters. The van der Waals surface area contributed by atoms with Crippen molar-refractivity contribution in [3.05, 3.63) is 30.1 Å². The number of alkyl halides is 1. The molecule has 1 aliphatic heterocycles. The summed E-state index contributed by atoms with van der Waals surface area (Å²) in [6.45, 7) is 3.64. The van der Waals surface area contributed by atoms with E-state index in [9.17, 15) is 0 Å². The third kappa shape index (κ3) is 2.02. The Labute approximate surface area is 112 Å². The second-order valence-electron chi connectivity index (χ2n) is 4.79. The van der Waals surface area contributed by atoms with Crippen LogP contribution in [0, 0.1) is 0 Å². The van der Waals surface area contributed by atoms with Crippen LogP contribution < -0.4 is 0 Å². The second kappa shape index (κ2) is 4.90. The van der Waals surface area contributed by atoms with Gasteiger partial charge in [-0.3, -0.25) is 0 Å². The zero-order valence-corrected chi connectivity index (χ0v) is 11.2. The Morgan fingerprint density at radius 3 is 2.78 bits per heavy atom. The minimum atomic E-state index is -0.0692. The van der Waals surface area contributed by atoms with Gasteiger partial charge < -0.3 is 9.30 Å². The van der Waals surface area contributed by atoms with Crippen molar-refractivity contribution in [1.82, 2.24) is 9.55 Å². The summed E-state index contributed by atoms with van der Waals surface area (Å²) in [6.07, 6.45) is 2.08. The Balaban J connectivity index is 2.14. The molecule has 1 aromatic heterocycles. The van der Waals surface area contributed by atoms with Crippen molar-refractivity contribution in [3.8, 4) is 0 Å². The monoisotopic (exact) mass is 264 g/mol. The van der Waals surface area contributed by atoms with Crippen LogP contribution in [-0.4, -0.2) is 22.8 Å². The van der Waals surface area contributed by atoms with Crippen LogP contribution >= 0.6 is 11.6 Å². The number of benzene rings is 1. The lowest BCUT2D eigenvalue weighted by Crippen LogP contribution is -2.21. The Morgan fingerprint density at radius 2 is 2.06 bits per heavy atom. The lowest BCUT2D eigenvalue weighted by molar-refractivity contribution is 0.0698. The van der Waals surface area contributed by atoms with E-state index in [1.54, 1.807) is 0 Å². The number of ether oxygens (including phenoxy) is 1. The molecule has 2 aromatic rings. The molecule has 0 N–H and O–H groups in total. The van der Waals surface area contributed by atoms with Crippen molar-refractivity contribution in [2.75, 3.05) is 13.2 Å². The predicted octanol–water partition coefficient (Wildman–Crippen LogP) is 3.69. The zero-order valence-electron chi connectivity index (χ0n) is 10.5. The Bertz CT molecular complexity index is 544. The summed E-state index contributed by atoms with van der Waals surface area (Å²) in [7, 11) is 0. The number of nitrogens with zero attached hydrogens (tertiary/aromatic N) is 2. The first-order valence-electron chi connectivity index (χ1n) is 6.46. The zero-order chi connectivity index (χ0) is 12.5. The van der Waals surface area contributed by atoms with E-state index in [4.69, 9.17) is 16.3 Å². The number of imidazole rings is 1. The highest BCUT2D eigenvalue weighted by atomic mass is 35.5. The molecule has 1 aliphatic rings. The highest BCUT2D eigenvalue weighted by Crippen LogP contribution is 2.32. The normalized spacial score (nSPS) is 19.2. The summed E-state index contributed by atoms with van der Waals surface area (Å²) in [5.41, 5.74) is 2.22. The van der Waals surface area contributed by atoms with Crippen molar-refractivity contribution < 1.29 is 4.74 Å². The maximum absolute atomic E-state index is 6.28. The number of aromatic nitrogens is 2. The van der Waals surface area contributed by atoms with Gasteiger partial charge in [0.05, 0.1) is 16.4 Å². The lowest BCUT2D eigenvalue weighted by Gasteiger charge is -2.26. The van der Waals surface area contributed by atoms with Crippen LogP contribution in [0.5, 0.6) is 0 Å². The smallest absolute Gasteiger partial charge is 0.127 e. The number of hydrogen-bond acceptors (Lipinski definition) is 2. The van der Waals surface area contributed by atoms with Crippen molar-refractivity contribution in [2.45, 2.75) is 31.2 Å². The molecule has 4 heteroatoms. The van der Waals surface area contributed by atoms with Gasteiger partial charge in [0.25, 0.3) is 0 Å². The molecule has 0 bridgehead atoms. The van der Waals surface area contributed by atoms with Gasteiger partial charge in [-0.25, -0.2) is 4.98 Å². The summed E-state index contributed by atoms with van der Waals surface area (Å²) >= 11 is 6.28. The highest BCUT2D eigenvalue weighted by Gasteiger charge is 2.23. The molecule has 0 radical (unpaired) electrons. The minimum absolute atomic E-state index is 0.0692. The van der Waals surface area contributed by atoms with E-state index in [1.807, 2.05) is 19.1 Å². The molecule has 2 heterocycles. The molecule has 1 unspecified atom stereocenters. The third-order valence-electron chi connectivity index (χ3n) is 3.53. The second-order valence-corrected chi connectivity index (χ2v) is 5.44. The van der Waals surface area contributed by atoms with Crippen molar-refractivity contribution in [3.63, 3.8) is 0 Å². The topological polar surface area (TPSA) is 27.1 Å². The number of fused-ring (bicyclic) bond motifs is 1. The molecule has 3 nitrogen and oxygen atoms in total. The van der Waals surface area contributed by atoms with Crippen LogP contribution in [0.2, 0.25) is 0 Å². The molecule has 0 aliphatic carbocycles. The average Bonchev–Trinajstić information content (AvgIpc) is 2.79. The van der Waals surface area contributed by atoms with Crippen molar-refractivity contribution >= 4 is 22.6 Å². The predicted molar refractivity (Wildman–Crippen MR) is 73.1 cm³/mol. The molecule has 0 spiro atoms. The number of rotatable bonds is 2. The van der Waals surface area contributed by atoms with E-state index in [-0.39, 0.29) is 5.38 Å². The fraction of sp³-hybridized carbons (Fsp3) is 0.500. The van der Waals surface area contributed by atoms with Crippen LogP contribution in [0.4, 0.5) is 0 Å². The Morgan fingerprint density at radius 1 is 1.33 bits per heavy atom. The number of para-hydroxylation sites is 2. The summed E-state index contributed by atoms with van der Waals surface area (Å²) in [5.74, 6) is 0.977. The van der Waals surface area contributed by atoms with E-state index < -0.39 is 0 Å². The average molecular weight is 265 g/mol. The molecular formula is C14H17ClN2O. The number of halogens is 1. The summed E-state index contributed by atoms with van der Waals surface area (Å²) in [5, 5.41) is -0.0692. The van der Waals surface area contributed by atoms with Crippen LogP contribution in [0.15, 0.2) is 24.3 Å². The first-order valence-corrected chi connectivity index (χ1v) is 6.89. The first kappa shape index (κ1) is 12.0. The van der Waals surface area contributed by atoms with Crippen LogP contribution in [0.1, 0.15) is 37.0 Å². The summed E-state index contributed by atoms with van der Waals surface area (Å²) in [6, 6.07) is 8.71. The van der Waals surface area contributed by atoms with Gasteiger partial charge in [-0.15, -0.1) is 11.6 Å². The van der Waals surface area contributed by atoms with Gasteiger partial charge in [0, 0.05) is 19.3 Å². The van der Waals surface area contributed by atoms with E-state index in [2.05, 4.69) is 21.7 Å². The fourth-order valence-corrected chi connectivity index (χ4v) is 2.82. The van der Waals surface area contributed by atoms with Gasteiger partial charge in [-0.1, -0.05) is 12.1 Å². The maximum Gasteiger partial charge on any atom is 0.127 e. The molecule has 3 rings (SSSR count). The molecule has 1 aromatic carbocycles. The van der Waals surface area contributed by atoms with Crippen LogP contribution in [0.3, 0.4) is 0 Å². The van der Waals surface area contributed by atoms with Crippen LogP contribution in [-0.2, 0) is 4.74 Å². The minimum Gasteiger partial charge on any atom is -0.381 e. The van der Waals surface area contributed by atoms with E-state index in [0.29, 0.717) is 6.04 Å². The molecule has 96 valence electrons. The third-order valence-corrected chi connectivity index (χ3v) is 3.73. The quantitative estimate of drug-likeness (QED) is 0.774. The Hall–Kier alpha value is -1.06. The lowest BCUT2D eigenvalue weighted by atomic mass is 10.1. The molecule has 0 amide bonds. The van der Waals surface area contributed by atoms with Crippen molar-refractivity contribution in [2.24, 2.45) is 0 Å². The fourth-order valence-electron chi connectivity index (χ4n) is 2.67. The van der Waals surface area contributed by atoms with Gasteiger partial charge in [-0.05, 0) is 31.9 Å². The van der Waals surface area contributed by atoms with E-state index >= 15 is 0 Å². The standard InChI is InChI=1S/C14H17ClN2O/c1-10(15)14-16-12-4-2-3-5-13(12)17(14)11-6-8-18-9-7-11/h2-5,10-11H,6-9H2,1H3. The SMILES string of the molecule is CC(Cl)c1nc2ccccc2n1C1CCOCC1. The summed E-state index contributed by atoms with van der Waals surface area (Å²) in [4.78, 5) is 4.68. The van der Waals surface area contributed by atoms with E-state index in [1.165, 1.54) is 5.52 Å². The summed E-state index contributed by atoms with van der Waals surface area (Å²) < 4.78 is 7.76.